The fraction of sp³-hybridized carbons (Fsp3) is 0.385. The molecule has 642 valence electrons. The smallest absolute Gasteiger partial charge is 0.0728 e. The molecule has 0 unspecified atom stereocenters. The zero-order chi connectivity index (χ0) is 89.6. The van der Waals surface area contributed by atoms with E-state index in [4.69, 9.17) is 0 Å². The molecule has 0 atom stereocenters. The number of fused-ring (bicyclic) bond motifs is 30. The topological polar surface area (TPSA) is 9.72 Å². The first-order valence-corrected chi connectivity index (χ1v) is 47.6. The number of hydrogen-bond acceptors (Lipinski definition) is 3. The second-order valence-electron chi connectivity index (χ2n) is 27.5. The van der Waals surface area contributed by atoms with Gasteiger partial charge in [0.2, 0.25) is 0 Å². The Balaban J connectivity index is 0.000000335. The van der Waals surface area contributed by atoms with Crippen molar-refractivity contribution in [1.29, 1.82) is 0 Å². The molecule has 120 heavy (non-hydrogen) atoms. The third-order valence-corrected chi connectivity index (χ3v) is 23.0. The molecule has 3 spiro atoms. The van der Waals surface area contributed by atoms with Crippen LogP contribution in [-0.2, 0) is 35.9 Å². The molecule has 0 N–H and O–H groups in total. The molecule has 0 heterocycles. The highest BCUT2D eigenvalue weighted by Crippen LogP contribution is 2.67. The molecular weight excluding hydrogens is 1450 g/mol. The maximum atomic E-state index is 2.54. The summed E-state index contributed by atoms with van der Waals surface area (Å²) in [6.07, 6.45) is 0. The molecule has 3 nitrogen and oxygen atoms in total. The van der Waals surface area contributed by atoms with Gasteiger partial charge in [-0.15, -0.1) is 0 Å². The van der Waals surface area contributed by atoms with Gasteiger partial charge in [-0.1, -0.05) is 474 Å². The van der Waals surface area contributed by atoms with Gasteiger partial charge in [0.1, 0.15) is 0 Å². The minimum Gasteiger partial charge on any atom is -0.300 e. The van der Waals surface area contributed by atoms with Crippen molar-refractivity contribution in [2.75, 3.05) is 39.3 Å². The maximum absolute atomic E-state index is 2.54. The number of aryl methyl sites for hydroxylation is 3. The summed E-state index contributed by atoms with van der Waals surface area (Å²) in [4.78, 5) is 7.61. The van der Waals surface area contributed by atoms with Crippen LogP contribution in [0.15, 0.2) is 255 Å². The molecular formula is C117H159N3. The molecule has 0 radical (unpaired) electrons. The normalized spacial score (nSPS) is 12.1. The van der Waals surface area contributed by atoms with Crippen molar-refractivity contribution < 1.29 is 0 Å². The van der Waals surface area contributed by atoms with Gasteiger partial charge in [-0.2, -0.15) is 0 Å². The van der Waals surface area contributed by atoms with Crippen LogP contribution >= 0.6 is 0 Å². The molecule has 0 saturated heterocycles. The van der Waals surface area contributed by atoms with Gasteiger partial charge in [0, 0.05) is 19.6 Å². The SMILES string of the molecule is CC.CC.CC.CC.CC.CC.CC.CC.CC.CC.CC.CC.CCN(CC)Cc1c(C)ccc2c1-c1ccccc1C21c2ccccc2-c2ccccc21.CCN(CC)Cc1cc(C)cc2c1C1(c3ccccc3-c3ccccc31)c1ccccc1-2.CCN(CC)Cc1cc(C)cc2c1C1(c3ccccc3-c3ccccc31)c1ccccc1-2. The lowest BCUT2D eigenvalue weighted by Crippen LogP contribution is -2.30. The lowest BCUT2D eigenvalue weighted by Gasteiger charge is -2.33. The summed E-state index contributed by atoms with van der Waals surface area (Å²) in [6.45, 7) is 77.7. The molecule has 6 aliphatic carbocycles. The lowest BCUT2D eigenvalue weighted by atomic mass is 9.69. The van der Waals surface area contributed by atoms with Gasteiger partial charge in [0.15, 0.2) is 0 Å². The third-order valence-electron chi connectivity index (χ3n) is 23.0. The van der Waals surface area contributed by atoms with Crippen LogP contribution in [0, 0.1) is 20.8 Å². The summed E-state index contributed by atoms with van der Waals surface area (Å²) >= 11 is 0. The maximum Gasteiger partial charge on any atom is 0.0728 e. The van der Waals surface area contributed by atoms with Gasteiger partial charge in [-0.3, -0.25) is 14.7 Å². The average molecular weight is 1610 g/mol. The van der Waals surface area contributed by atoms with Crippen LogP contribution in [-0.4, -0.2) is 54.0 Å². The molecule has 0 saturated carbocycles. The highest BCUT2D eigenvalue weighted by molar-refractivity contribution is 5.99. The fourth-order valence-corrected chi connectivity index (χ4v) is 18.8. The third kappa shape index (κ3) is 18.8. The summed E-state index contributed by atoms with van der Waals surface area (Å²) < 4.78 is 0. The molecule has 0 fully saturated rings. The van der Waals surface area contributed by atoms with E-state index in [0.29, 0.717) is 0 Å². The minimum absolute atomic E-state index is 0.231. The van der Waals surface area contributed by atoms with Gasteiger partial charge in [0.25, 0.3) is 0 Å². The van der Waals surface area contributed by atoms with E-state index in [0.717, 1.165) is 58.9 Å². The molecule has 0 amide bonds. The Morgan fingerprint density at radius 2 is 0.400 bits per heavy atom. The molecule has 18 rings (SSSR count). The Hall–Kier alpha value is -9.48. The first-order valence-electron chi connectivity index (χ1n) is 47.6. The predicted octanol–water partition coefficient (Wildman–Crippen LogP) is 33.9. The van der Waals surface area contributed by atoms with Crippen molar-refractivity contribution in [1.82, 2.24) is 14.7 Å². The molecule has 12 aromatic carbocycles. The first kappa shape index (κ1) is 103. The van der Waals surface area contributed by atoms with Crippen LogP contribution in [0.5, 0.6) is 0 Å². The van der Waals surface area contributed by atoms with Crippen molar-refractivity contribution in [2.24, 2.45) is 0 Å². The predicted molar refractivity (Wildman–Crippen MR) is 538 cm³/mol. The second kappa shape index (κ2) is 51.3. The number of hydrogen-bond donors (Lipinski definition) is 0. The van der Waals surface area contributed by atoms with Crippen LogP contribution in [0.4, 0.5) is 0 Å². The van der Waals surface area contributed by atoms with Gasteiger partial charge >= 0.3 is 0 Å². The van der Waals surface area contributed by atoms with E-state index in [-0.39, 0.29) is 16.2 Å². The molecule has 0 bridgehead atoms. The average Bonchev–Trinajstić information content (AvgIpc) is 1.52. The van der Waals surface area contributed by atoms with E-state index in [1.165, 1.54) is 167 Å². The van der Waals surface area contributed by atoms with Gasteiger partial charge in [-0.25, -0.2) is 0 Å². The zero-order valence-corrected chi connectivity index (χ0v) is 81.5. The summed E-state index contributed by atoms with van der Waals surface area (Å²) in [5.41, 5.74) is 41.8. The molecule has 0 aliphatic heterocycles. The largest absolute Gasteiger partial charge is 0.300 e. The molecule has 3 heteroatoms. The van der Waals surface area contributed by atoms with Gasteiger partial charge in [0.05, 0.1) is 16.2 Å². The Labute approximate surface area is 735 Å². The van der Waals surface area contributed by atoms with E-state index >= 15 is 0 Å². The van der Waals surface area contributed by atoms with Gasteiger partial charge < -0.3 is 0 Å². The standard InChI is InChI=1S/3C31H29N.12C2H6/c2*1-4-32(5-2)20-22-18-21(3)19-26-25-14-8-11-17-29(25)31(30(22)26)27-15-9-6-12-23(27)24-13-7-10-16-28(24)31;1-4-32(5-2)20-25-21(3)18-19-29-30(25)24-14-8-11-17-28(24)31(29)26-15-9-6-12-22(26)23-13-7-10-16-27(23)31;12*1-2/h3*6-19H,4-5,20H2,1-3H3;12*1-2H3. The Morgan fingerprint density at radius 1 is 0.200 bits per heavy atom. The molecule has 6 aliphatic rings. The van der Waals surface area contributed by atoms with Crippen molar-refractivity contribution in [3.05, 3.63) is 355 Å². The van der Waals surface area contributed by atoms with Crippen LogP contribution < -0.4 is 0 Å². The van der Waals surface area contributed by atoms with E-state index in [9.17, 15) is 0 Å². The number of benzene rings is 12. The van der Waals surface area contributed by atoms with Crippen LogP contribution in [0.25, 0.3) is 66.8 Å². The second-order valence-corrected chi connectivity index (χ2v) is 27.5. The summed E-state index contributed by atoms with van der Waals surface area (Å²) in [7, 11) is 0. The van der Waals surface area contributed by atoms with Crippen molar-refractivity contribution in [2.45, 2.75) is 264 Å². The van der Waals surface area contributed by atoms with E-state index in [1.54, 1.807) is 0 Å². The molecule has 12 aromatic rings. The van der Waals surface area contributed by atoms with E-state index < -0.39 is 0 Å². The van der Waals surface area contributed by atoms with E-state index in [2.05, 4.69) is 332 Å². The lowest BCUT2D eigenvalue weighted by molar-refractivity contribution is 0.294. The molecule has 0 aromatic heterocycles. The van der Waals surface area contributed by atoms with Crippen molar-refractivity contribution in [3.63, 3.8) is 0 Å². The summed E-state index contributed by atoms with van der Waals surface area (Å²) in [6, 6.07) is 96.2. The number of nitrogens with zero attached hydrogens (tertiary/aromatic N) is 3. The zero-order valence-electron chi connectivity index (χ0n) is 81.5. The highest BCUT2D eigenvalue weighted by atomic mass is 15.1. The Kier molecular flexibility index (Phi) is 44.0. The van der Waals surface area contributed by atoms with Crippen LogP contribution in [0.3, 0.4) is 0 Å². The van der Waals surface area contributed by atoms with Crippen molar-refractivity contribution >= 4 is 0 Å². The van der Waals surface area contributed by atoms with E-state index in [1.807, 2.05) is 166 Å². The van der Waals surface area contributed by atoms with Crippen molar-refractivity contribution in [3.8, 4) is 66.8 Å². The summed E-state index contributed by atoms with van der Waals surface area (Å²) in [5.74, 6) is 0. The highest BCUT2D eigenvalue weighted by Gasteiger charge is 2.56. The van der Waals surface area contributed by atoms with Crippen LogP contribution in [0.1, 0.15) is 308 Å². The quantitative estimate of drug-likeness (QED) is 0.121. The summed E-state index contributed by atoms with van der Waals surface area (Å²) in [5, 5.41) is 0. The van der Waals surface area contributed by atoms with Gasteiger partial charge in [-0.05, 0) is 216 Å². The van der Waals surface area contributed by atoms with Crippen LogP contribution in [0.2, 0.25) is 0 Å². The Bertz CT molecular complexity index is 4680. The fourth-order valence-electron chi connectivity index (χ4n) is 18.8. The Morgan fingerprint density at radius 3 is 0.642 bits per heavy atom. The monoisotopic (exact) mass is 1610 g/mol. The minimum atomic E-state index is -0.241. The first-order chi connectivity index (χ1) is 59.1. The number of rotatable bonds is 12.